The molecule has 4 rings (SSSR count). The maximum absolute atomic E-state index is 12.6. The highest BCUT2D eigenvalue weighted by Crippen LogP contribution is 2.33. The van der Waals surface area contributed by atoms with E-state index in [1.807, 2.05) is 24.3 Å². The molecule has 0 aromatic heterocycles. The van der Waals surface area contributed by atoms with Crippen LogP contribution < -0.4 is 10.6 Å². The normalized spacial score (nSPS) is 25.7. The van der Waals surface area contributed by atoms with Gasteiger partial charge >= 0.3 is 0 Å². The summed E-state index contributed by atoms with van der Waals surface area (Å²) in [5.74, 6) is -0.758. The van der Waals surface area contributed by atoms with Crippen molar-refractivity contribution in [3.05, 3.63) is 53.3 Å². The summed E-state index contributed by atoms with van der Waals surface area (Å²) in [4.78, 5) is 25.0. The number of nitrogens with one attached hydrogen (secondary N) is 2. The van der Waals surface area contributed by atoms with Crippen LogP contribution in [0.5, 0.6) is 0 Å². The Hall–Kier alpha value is -2.56. The van der Waals surface area contributed by atoms with Crippen molar-refractivity contribution in [2.75, 3.05) is 5.32 Å². The molecule has 1 saturated carbocycles. The number of anilines is 1. The van der Waals surface area contributed by atoms with E-state index in [-0.39, 0.29) is 23.3 Å². The Bertz CT molecular complexity index is 788. The molecular formula is C22H26N2O3. The van der Waals surface area contributed by atoms with Crippen LogP contribution >= 0.6 is 0 Å². The second kappa shape index (κ2) is 7.59. The molecule has 142 valence electrons. The topological polar surface area (TPSA) is 78.4 Å². The van der Waals surface area contributed by atoms with Gasteiger partial charge in [-0.25, -0.2) is 0 Å². The number of carbonyl (C=O) groups excluding carboxylic acids is 2. The first-order chi connectivity index (χ1) is 13.1. The lowest BCUT2D eigenvalue weighted by atomic mass is 9.82. The SMILES string of the molecule is O=C(Nc1ccc(C2CCCCC2)cc1)C1=C(O)C2CC=CCC2NC1=O. The Morgan fingerprint density at radius 1 is 1.04 bits per heavy atom. The van der Waals surface area contributed by atoms with Gasteiger partial charge in [-0.3, -0.25) is 9.59 Å². The van der Waals surface area contributed by atoms with Gasteiger partial charge in [0.15, 0.2) is 0 Å². The zero-order valence-electron chi connectivity index (χ0n) is 15.4. The standard InChI is InChI=1S/C22H26N2O3/c25-20-17-8-4-5-9-18(17)24-22(27)19(20)21(26)23-16-12-10-15(11-13-16)14-6-2-1-3-7-14/h4-5,10-14,17-18,25H,1-3,6-9H2,(H,23,26)(H,24,27). The average Bonchev–Trinajstić information content (AvgIpc) is 2.69. The van der Waals surface area contributed by atoms with Crippen molar-refractivity contribution in [3.8, 4) is 0 Å². The molecule has 0 saturated heterocycles. The van der Waals surface area contributed by atoms with Crippen LogP contribution in [0, 0.1) is 5.92 Å². The number of amides is 2. The maximum atomic E-state index is 12.6. The van der Waals surface area contributed by atoms with Gasteiger partial charge in [-0.05, 0) is 49.3 Å². The molecule has 3 N–H and O–H groups in total. The fourth-order valence-corrected chi connectivity index (χ4v) is 4.51. The molecular weight excluding hydrogens is 340 g/mol. The zero-order valence-corrected chi connectivity index (χ0v) is 15.4. The Morgan fingerprint density at radius 3 is 2.48 bits per heavy atom. The van der Waals surface area contributed by atoms with E-state index in [9.17, 15) is 14.7 Å². The third-order valence-electron chi connectivity index (χ3n) is 6.06. The molecule has 5 heteroatoms. The third kappa shape index (κ3) is 3.64. The van der Waals surface area contributed by atoms with Gasteiger partial charge in [-0.1, -0.05) is 43.5 Å². The highest BCUT2D eigenvalue weighted by molar-refractivity contribution is 6.23. The molecule has 27 heavy (non-hydrogen) atoms. The van der Waals surface area contributed by atoms with Gasteiger partial charge in [0.25, 0.3) is 11.8 Å². The second-order valence-electron chi connectivity index (χ2n) is 7.80. The summed E-state index contributed by atoms with van der Waals surface area (Å²) in [6, 6.07) is 7.75. The van der Waals surface area contributed by atoms with Crippen LogP contribution in [0.2, 0.25) is 0 Å². The van der Waals surface area contributed by atoms with E-state index in [1.54, 1.807) is 0 Å². The number of benzene rings is 1. The highest BCUT2D eigenvalue weighted by atomic mass is 16.3. The second-order valence-corrected chi connectivity index (χ2v) is 7.80. The van der Waals surface area contributed by atoms with E-state index in [0.29, 0.717) is 24.4 Å². The summed E-state index contributed by atoms with van der Waals surface area (Å²) in [5.41, 5.74) is 1.78. The van der Waals surface area contributed by atoms with Gasteiger partial charge in [-0.2, -0.15) is 0 Å². The largest absolute Gasteiger partial charge is 0.511 e. The minimum Gasteiger partial charge on any atom is -0.511 e. The van der Waals surface area contributed by atoms with Crippen molar-refractivity contribution < 1.29 is 14.7 Å². The predicted molar refractivity (Wildman–Crippen MR) is 104 cm³/mol. The first kappa shape index (κ1) is 17.8. The van der Waals surface area contributed by atoms with Crippen LogP contribution in [-0.2, 0) is 9.59 Å². The summed E-state index contributed by atoms with van der Waals surface area (Å²) in [6.45, 7) is 0. The number of aliphatic hydroxyl groups is 1. The van der Waals surface area contributed by atoms with Crippen LogP contribution in [0.4, 0.5) is 5.69 Å². The van der Waals surface area contributed by atoms with Crippen molar-refractivity contribution in [2.45, 2.75) is 56.9 Å². The van der Waals surface area contributed by atoms with E-state index >= 15 is 0 Å². The lowest BCUT2D eigenvalue weighted by Crippen LogP contribution is -2.49. The van der Waals surface area contributed by atoms with Crippen molar-refractivity contribution in [2.24, 2.45) is 5.92 Å². The molecule has 1 aromatic rings. The summed E-state index contributed by atoms with van der Waals surface area (Å²) in [7, 11) is 0. The molecule has 2 unspecified atom stereocenters. The number of aliphatic hydroxyl groups excluding tert-OH is 1. The van der Waals surface area contributed by atoms with Crippen LogP contribution in [-0.4, -0.2) is 23.0 Å². The molecule has 1 heterocycles. The fraction of sp³-hybridized carbons (Fsp3) is 0.455. The number of fused-ring (bicyclic) bond motifs is 1. The molecule has 1 fully saturated rings. The smallest absolute Gasteiger partial charge is 0.264 e. The molecule has 5 nitrogen and oxygen atoms in total. The van der Waals surface area contributed by atoms with Crippen LogP contribution in [0.25, 0.3) is 0 Å². The summed E-state index contributed by atoms with van der Waals surface area (Å²) < 4.78 is 0. The monoisotopic (exact) mass is 366 g/mol. The lowest BCUT2D eigenvalue weighted by molar-refractivity contribution is -0.123. The van der Waals surface area contributed by atoms with E-state index in [2.05, 4.69) is 22.8 Å². The quantitative estimate of drug-likeness (QED) is 0.560. The van der Waals surface area contributed by atoms with E-state index < -0.39 is 11.8 Å². The Balaban J connectivity index is 1.48. The average molecular weight is 366 g/mol. The number of rotatable bonds is 3. The predicted octanol–water partition coefficient (Wildman–Crippen LogP) is 3.95. The number of hydrogen-bond acceptors (Lipinski definition) is 3. The number of allylic oxidation sites excluding steroid dienone is 1. The number of hydrogen-bond donors (Lipinski definition) is 3. The third-order valence-corrected chi connectivity index (χ3v) is 6.06. The Kier molecular flexibility index (Phi) is 5.01. The van der Waals surface area contributed by atoms with Gasteiger partial charge in [0.05, 0.1) is 0 Å². The van der Waals surface area contributed by atoms with Crippen LogP contribution in [0.3, 0.4) is 0 Å². The fourth-order valence-electron chi connectivity index (χ4n) is 4.51. The number of carbonyl (C=O) groups is 2. The van der Waals surface area contributed by atoms with Crippen LogP contribution in [0.1, 0.15) is 56.4 Å². The Labute approximate surface area is 159 Å². The van der Waals surface area contributed by atoms with Crippen molar-refractivity contribution in [1.82, 2.24) is 5.32 Å². The highest BCUT2D eigenvalue weighted by Gasteiger charge is 2.38. The molecule has 0 radical (unpaired) electrons. The molecule has 3 aliphatic rings. The van der Waals surface area contributed by atoms with Gasteiger partial charge in [0.1, 0.15) is 11.3 Å². The molecule has 1 aliphatic heterocycles. The van der Waals surface area contributed by atoms with Gasteiger partial charge in [0.2, 0.25) is 0 Å². The molecule has 0 bridgehead atoms. The minimum absolute atomic E-state index is 0.0931. The molecule has 1 aromatic carbocycles. The molecule has 0 spiro atoms. The molecule has 2 aliphatic carbocycles. The summed E-state index contributed by atoms with van der Waals surface area (Å²) in [5, 5.41) is 16.1. The van der Waals surface area contributed by atoms with E-state index in [0.717, 1.165) is 0 Å². The maximum Gasteiger partial charge on any atom is 0.264 e. The molecule has 2 atom stereocenters. The first-order valence-electron chi connectivity index (χ1n) is 9.94. The summed E-state index contributed by atoms with van der Waals surface area (Å²) >= 11 is 0. The van der Waals surface area contributed by atoms with Crippen molar-refractivity contribution in [3.63, 3.8) is 0 Å². The van der Waals surface area contributed by atoms with Gasteiger partial charge < -0.3 is 15.7 Å². The van der Waals surface area contributed by atoms with E-state index in [1.165, 1.54) is 37.7 Å². The Morgan fingerprint density at radius 2 is 1.74 bits per heavy atom. The van der Waals surface area contributed by atoms with Gasteiger partial charge in [-0.15, -0.1) is 0 Å². The van der Waals surface area contributed by atoms with Crippen LogP contribution in [0.15, 0.2) is 47.7 Å². The summed E-state index contributed by atoms with van der Waals surface area (Å²) in [6.07, 6.45) is 11.6. The lowest BCUT2D eigenvalue weighted by Gasteiger charge is -2.33. The minimum atomic E-state index is -0.552. The first-order valence-corrected chi connectivity index (χ1v) is 9.94. The van der Waals surface area contributed by atoms with Crippen molar-refractivity contribution >= 4 is 17.5 Å². The van der Waals surface area contributed by atoms with Gasteiger partial charge in [0, 0.05) is 17.6 Å². The zero-order chi connectivity index (χ0) is 18.8. The van der Waals surface area contributed by atoms with E-state index in [4.69, 9.17) is 0 Å². The molecule has 2 amide bonds. The van der Waals surface area contributed by atoms with Crippen molar-refractivity contribution in [1.29, 1.82) is 0 Å².